The van der Waals surface area contributed by atoms with Crippen LogP contribution >= 0.6 is 0 Å². The predicted octanol–water partition coefficient (Wildman–Crippen LogP) is 6.29. The molecule has 0 radical (unpaired) electrons. The molecule has 0 atom stereocenters. The monoisotopic (exact) mass is 464 g/mol. The molecule has 10 heteroatoms. The van der Waals surface area contributed by atoms with Crippen molar-refractivity contribution in [3.05, 3.63) is 65.7 Å². The van der Waals surface area contributed by atoms with Gasteiger partial charge in [0.15, 0.2) is 11.6 Å². The van der Waals surface area contributed by atoms with Crippen LogP contribution in [0.15, 0.2) is 48.5 Å². The Hall–Kier alpha value is -3.43. The molecule has 33 heavy (non-hydrogen) atoms. The van der Waals surface area contributed by atoms with Gasteiger partial charge >= 0.3 is 6.36 Å². The van der Waals surface area contributed by atoms with Crippen molar-refractivity contribution in [2.24, 2.45) is 0 Å². The molecule has 4 rings (SSSR count). The van der Waals surface area contributed by atoms with Crippen molar-refractivity contribution >= 4 is 11.8 Å². The number of halogens is 5. The maximum absolute atomic E-state index is 13.5. The van der Waals surface area contributed by atoms with Gasteiger partial charge in [-0.1, -0.05) is 31.0 Å². The zero-order valence-electron chi connectivity index (χ0n) is 17.4. The number of aromatic nitrogens is 2. The number of ether oxygens (including phenoxy) is 1. The quantitative estimate of drug-likeness (QED) is 0.403. The Morgan fingerprint density at radius 1 is 0.939 bits per heavy atom. The molecule has 1 fully saturated rings. The molecular formula is C23H21F5N4O. The molecule has 1 saturated carbocycles. The fourth-order valence-corrected chi connectivity index (χ4v) is 3.70. The molecule has 1 aliphatic rings. The molecule has 0 unspecified atom stereocenters. The van der Waals surface area contributed by atoms with Crippen LogP contribution in [0, 0.1) is 11.6 Å². The van der Waals surface area contributed by atoms with Gasteiger partial charge < -0.3 is 15.4 Å². The van der Waals surface area contributed by atoms with E-state index < -0.39 is 18.0 Å². The van der Waals surface area contributed by atoms with Gasteiger partial charge in [-0.15, -0.1) is 13.2 Å². The third-order valence-electron chi connectivity index (χ3n) is 5.24. The lowest BCUT2D eigenvalue weighted by molar-refractivity contribution is -0.274. The highest BCUT2D eigenvalue weighted by Gasteiger charge is 2.31. The van der Waals surface area contributed by atoms with Crippen molar-refractivity contribution in [2.45, 2.75) is 44.6 Å². The molecular weight excluding hydrogens is 443 g/mol. The highest BCUT2D eigenvalue weighted by Crippen LogP contribution is 2.29. The van der Waals surface area contributed by atoms with Gasteiger partial charge in [-0.2, -0.15) is 4.98 Å². The van der Waals surface area contributed by atoms with Crippen molar-refractivity contribution in [1.82, 2.24) is 9.97 Å². The Kier molecular flexibility index (Phi) is 6.62. The minimum absolute atomic E-state index is 0.160. The summed E-state index contributed by atoms with van der Waals surface area (Å²) < 4.78 is 68.6. The van der Waals surface area contributed by atoms with E-state index in [1.165, 1.54) is 24.3 Å². The van der Waals surface area contributed by atoms with Crippen molar-refractivity contribution in [1.29, 1.82) is 0 Å². The van der Waals surface area contributed by atoms with Crippen LogP contribution in [0.3, 0.4) is 0 Å². The zero-order valence-corrected chi connectivity index (χ0v) is 17.4. The lowest BCUT2D eigenvalue weighted by Gasteiger charge is -2.15. The Balaban J connectivity index is 1.61. The molecule has 0 spiro atoms. The fraction of sp³-hybridized carbons (Fsp3) is 0.304. The summed E-state index contributed by atoms with van der Waals surface area (Å²) in [5, 5.41) is 6.32. The van der Waals surface area contributed by atoms with E-state index in [1.54, 1.807) is 12.1 Å². The SMILES string of the molecule is Fc1ccc(CNc2cc(-c3cccc(OC(F)(F)F)c3)nc(NC3CCCC3)n2)cc1F. The fourth-order valence-electron chi connectivity index (χ4n) is 3.70. The summed E-state index contributed by atoms with van der Waals surface area (Å²) in [5.74, 6) is -1.54. The van der Waals surface area contributed by atoms with E-state index in [9.17, 15) is 22.0 Å². The summed E-state index contributed by atoms with van der Waals surface area (Å²) in [6.07, 6.45) is -0.679. The van der Waals surface area contributed by atoms with E-state index in [1.807, 2.05) is 0 Å². The van der Waals surface area contributed by atoms with Gasteiger partial charge in [0.25, 0.3) is 0 Å². The molecule has 2 N–H and O–H groups in total. The first-order chi connectivity index (χ1) is 15.7. The first-order valence-corrected chi connectivity index (χ1v) is 10.4. The smallest absolute Gasteiger partial charge is 0.406 e. The number of nitrogens with zero attached hydrogens (tertiary/aromatic N) is 2. The van der Waals surface area contributed by atoms with Gasteiger partial charge in [-0.05, 0) is 42.7 Å². The largest absolute Gasteiger partial charge is 0.573 e. The second kappa shape index (κ2) is 9.60. The summed E-state index contributed by atoms with van der Waals surface area (Å²) in [4.78, 5) is 8.92. The summed E-state index contributed by atoms with van der Waals surface area (Å²) in [7, 11) is 0. The maximum Gasteiger partial charge on any atom is 0.573 e. The van der Waals surface area contributed by atoms with Gasteiger partial charge in [0.2, 0.25) is 5.95 Å². The molecule has 0 bridgehead atoms. The second-order valence-electron chi connectivity index (χ2n) is 7.77. The Labute approximate surface area is 187 Å². The normalized spacial score (nSPS) is 14.3. The second-order valence-corrected chi connectivity index (χ2v) is 7.77. The molecule has 2 aromatic carbocycles. The van der Waals surface area contributed by atoms with Crippen LogP contribution in [0.4, 0.5) is 33.7 Å². The maximum atomic E-state index is 13.5. The predicted molar refractivity (Wildman–Crippen MR) is 114 cm³/mol. The first-order valence-electron chi connectivity index (χ1n) is 10.4. The zero-order chi connectivity index (χ0) is 23.4. The summed E-state index contributed by atoms with van der Waals surface area (Å²) in [5.41, 5.74) is 1.29. The minimum Gasteiger partial charge on any atom is -0.406 e. The average molecular weight is 464 g/mol. The lowest BCUT2D eigenvalue weighted by Crippen LogP contribution is -2.18. The van der Waals surface area contributed by atoms with Crippen molar-refractivity contribution in [2.75, 3.05) is 10.6 Å². The van der Waals surface area contributed by atoms with Crippen molar-refractivity contribution in [3.63, 3.8) is 0 Å². The molecule has 5 nitrogen and oxygen atoms in total. The van der Waals surface area contributed by atoms with Gasteiger partial charge in [0.05, 0.1) is 5.69 Å². The highest BCUT2D eigenvalue weighted by atomic mass is 19.4. The number of alkyl halides is 3. The number of hydrogen-bond acceptors (Lipinski definition) is 5. The van der Waals surface area contributed by atoms with Crippen LogP contribution in [0.5, 0.6) is 5.75 Å². The van der Waals surface area contributed by atoms with Crippen LogP contribution in [0.1, 0.15) is 31.2 Å². The van der Waals surface area contributed by atoms with E-state index in [0.29, 0.717) is 28.6 Å². The van der Waals surface area contributed by atoms with Crippen LogP contribution in [0.25, 0.3) is 11.3 Å². The van der Waals surface area contributed by atoms with Crippen molar-refractivity contribution < 1.29 is 26.7 Å². The lowest BCUT2D eigenvalue weighted by atomic mass is 10.1. The summed E-state index contributed by atoms with van der Waals surface area (Å²) in [6, 6.07) is 10.9. The number of hydrogen-bond donors (Lipinski definition) is 2. The van der Waals surface area contributed by atoms with Gasteiger partial charge in [-0.3, -0.25) is 0 Å². The van der Waals surface area contributed by atoms with E-state index in [-0.39, 0.29) is 18.3 Å². The summed E-state index contributed by atoms with van der Waals surface area (Å²) >= 11 is 0. The van der Waals surface area contributed by atoms with Gasteiger partial charge in [0, 0.05) is 24.2 Å². The van der Waals surface area contributed by atoms with E-state index in [2.05, 4.69) is 25.3 Å². The summed E-state index contributed by atoms with van der Waals surface area (Å²) in [6.45, 7) is 0.160. The van der Waals surface area contributed by atoms with Gasteiger partial charge in [0.1, 0.15) is 11.6 Å². The standard InChI is InChI=1S/C23H21F5N4O/c24-18-9-8-14(10-19(18)25)13-29-21-12-20(31-22(32-21)30-16-5-1-2-6-16)15-4-3-7-17(11-15)33-23(26,27)28/h3-4,7-12,16H,1-2,5-6,13H2,(H2,29,30,31,32). The topological polar surface area (TPSA) is 59.1 Å². The van der Waals surface area contributed by atoms with Crippen LogP contribution in [-0.2, 0) is 6.54 Å². The molecule has 1 heterocycles. The van der Waals surface area contributed by atoms with E-state index in [4.69, 9.17) is 0 Å². The van der Waals surface area contributed by atoms with Crippen LogP contribution < -0.4 is 15.4 Å². The van der Waals surface area contributed by atoms with Crippen LogP contribution in [-0.4, -0.2) is 22.4 Å². The molecule has 0 amide bonds. The Bertz CT molecular complexity index is 1120. The first kappa shape index (κ1) is 22.8. The van der Waals surface area contributed by atoms with E-state index in [0.717, 1.165) is 37.8 Å². The third kappa shape index (κ3) is 6.30. The Morgan fingerprint density at radius 3 is 2.45 bits per heavy atom. The average Bonchev–Trinajstić information content (AvgIpc) is 3.26. The minimum atomic E-state index is -4.81. The number of rotatable bonds is 7. The number of benzene rings is 2. The van der Waals surface area contributed by atoms with Gasteiger partial charge in [-0.25, -0.2) is 13.8 Å². The molecule has 0 saturated heterocycles. The number of anilines is 2. The molecule has 0 aliphatic heterocycles. The molecule has 174 valence electrons. The van der Waals surface area contributed by atoms with Crippen molar-refractivity contribution in [3.8, 4) is 17.0 Å². The molecule has 1 aromatic heterocycles. The Morgan fingerprint density at radius 2 is 1.73 bits per heavy atom. The molecule has 1 aliphatic carbocycles. The van der Waals surface area contributed by atoms with E-state index >= 15 is 0 Å². The third-order valence-corrected chi connectivity index (χ3v) is 5.24. The van der Waals surface area contributed by atoms with Crippen LogP contribution in [0.2, 0.25) is 0 Å². The number of nitrogens with one attached hydrogen (secondary N) is 2. The molecule has 3 aromatic rings. The highest BCUT2D eigenvalue weighted by molar-refractivity contribution is 5.66.